The van der Waals surface area contributed by atoms with Gasteiger partial charge < -0.3 is 10.2 Å². The van der Waals surface area contributed by atoms with Gasteiger partial charge in [0.1, 0.15) is 0 Å². The molecule has 4 rings (SSSR count). The van der Waals surface area contributed by atoms with Crippen LogP contribution in [0.3, 0.4) is 0 Å². The van der Waals surface area contributed by atoms with Gasteiger partial charge in [0.15, 0.2) is 0 Å². The number of nitrogens with zero attached hydrogens (tertiary/aromatic N) is 1. The maximum Gasteiger partial charge on any atom is 0.0803 e. The van der Waals surface area contributed by atoms with Gasteiger partial charge >= 0.3 is 0 Å². The van der Waals surface area contributed by atoms with E-state index in [4.69, 9.17) is 0 Å². The summed E-state index contributed by atoms with van der Waals surface area (Å²) in [7, 11) is 0. The molecule has 1 heterocycles. The first-order chi connectivity index (χ1) is 11.5. The molecule has 0 spiro atoms. The third-order valence-electron chi connectivity index (χ3n) is 7.07. The second-order valence-corrected chi connectivity index (χ2v) is 8.42. The maximum atomic E-state index is 11.2. The SMILES string of the molecule is C[C@@H](c1ccccc1)N1[C@@H](C2(O)CCCC2)C[C@@H]1C1(O)CCCC1. The standard InChI is InChI=1S/C21H31NO2/c1-16(17-9-3-2-4-10-17)22-18(20(23)11-5-6-12-20)15-19(22)21(24)13-7-8-14-21/h2-4,9-10,16,18-19,23-24H,5-8,11-15H2,1H3/t16-,18+,19+/m0/s1. The lowest BCUT2D eigenvalue weighted by molar-refractivity contribution is -0.191. The molecule has 2 saturated carbocycles. The zero-order valence-corrected chi connectivity index (χ0v) is 14.8. The van der Waals surface area contributed by atoms with Gasteiger partial charge in [0, 0.05) is 18.1 Å². The third-order valence-corrected chi connectivity index (χ3v) is 7.07. The molecule has 0 radical (unpaired) electrons. The first-order valence-corrected chi connectivity index (χ1v) is 9.81. The topological polar surface area (TPSA) is 43.7 Å². The van der Waals surface area contributed by atoms with E-state index in [1.165, 1.54) is 5.56 Å². The summed E-state index contributed by atoms with van der Waals surface area (Å²) in [6.45, 7) is 2.24. The van der Waals surface area contributed by atoms with Crippen LogP contribution in [-0.4, -0.2) is 38.4 Å². The molecule has 3 atom stereocenters. The molecule has 3 aliphatic rings. The van der Waals surface area contributed by atoms with Crippen molar-refractivity contribution in [2.24, 2.45) is 0 Å². The Labute approximate surface area is 145 Å². The number of hydrogen-bond acceptors (Lipinski definition) is 3. The van der Waals surface area contributed by atoms with Crippen LogP contribution in [0.1, 0.15) is 76.3 Å². The molecule has 2 N–H and O–H groups in total. The van der Waals surface area contributed by atoms with Crippen LogP contribution in [0.4, 0.5) is 0 Å². The fourth-order valence-corrected chi connectivity index (χ4v) is 5.61. The number of hydrogen-bond donors (Lipinski definition) is 2. The van der Waals surface area contributed by atoms with E-state index in [0.29, 0.717) is 0 Å². The first kappa shape index (κ1) is 16.6. The highest BCUT2D eigenvalue weighted by Crippen LogP contribution is 2.52. The zero-order valence-electron chi connectivity index (χ0n) is 14.8. The van der Waals surface area contributed by atoms with Crippen LogP contribution in [0.15, 0.2) is 30.3 Å². The van der Waals surface area contributed by atoms with E-state index < -0.39 is 11.2 Å². The van der Waals surface area contributed by atoms with E-state index in [9.17, 15) is 10.2 Å². The Morgan fingerprint density at radius 2 is 1.33 bits per heavy atom. The molecule has 0 unspecified atom stereocenters. The molecule has 132 valence electrons. The van der Waals surface area contributed by atoms with Gasteiger partial charge in [-0.3, -0.25) is 4.90 Å². The van der Waals surface area contributed by atoms with Crippen molar-refractivity contribution in [2.75, 3.05) is 0 Å². The second-order valence-electron chi connectivity index (χ2n) is 8.42. The Morgan fingerprint density at radius 3 is 1.79 bits per heavy atom. The van der Waals surface area contributed by atoms with Crippen LogP contribution in [0.5, 0.6) is 0 Å². The summed E-state index contributed by atoms with van der Waals surface area (Å²) in [6.07, 6.45) is 9.16. The zero-order chi connectivity index (χ0) is 16.8. The first-order valence-electron chi connectivity index (χ1n) is 9.81. The minimum absolute atomic E-state index is 0.199. The van der Waals surface area contributed by atoms with Crippen molar-refractivity contribution in [3.05, 3.63) is 35.9 Å². The fraction of sp³-hybridized carbons (Fsp3) is 0.714. The highest BCUT2D eigenvalue weighted by atomic mass is 16.3. The van der Waals surface area contributed by atoms with Crippen LogP contribution < -0.4 is 0 Å². The van der Waals surface area contributed by atoms with Gasteiger partial charge in [0.2, 0.25) is 0 Å². The minimum Gasteiger partial charge on any atom is -0.388 e. The summed E-state index contributed by atoms with van der Waals surface area (Å²) in [5.74, 6) is 0. The van der Waals surface area contributed by atoms with Gasteiger partial charge in [-0.25, -0.2) is 0 Å². The van der Waals surface area contributed by atoms with E-state index in [0.717, 1.165) is 57.8 Å². The Bertz CT molecular complexity index is 532. The molecule has 0 amide bonds. The molecule has 3 nitrogen and oxygen atoms in total. The van der Waals surface area contributed by atoms with Crippen LogP contribution in [-0.2, 0) is 0 Å². The van der Waals surface area contributed by atoms with Gasteiger partial charge in [-0.2, -0.15) is 0 Å². The lowest BCUT2D eigenvalue weighted by atomic mass is 9.71. The van der Waals surface area contributed by atoms with E-state index in [2.05, 4.69) is 42.2 Å². The van der Waals surface area contributed by atoms with Crippen molar-refractivity contribution < 1.29 is 10.2 Å². The Hall–Kier alpha value is -0.900. The van der Waals surface area contributed by atoms with Crippen molar-refractivity contribution in [1.29, 1.82) is 0 Å². The van der Waals surface area contributed by atoms with Gasteiger partial charge in [-0.15, -0.1) is 0 Å². The molecular weight excluding hydrogens is 298 g/mol. The smallest absolute Gasteiger partial charge is 0.0803 e. The fourth-order valence-electron chi connectivity index (χ4n) is 5.61. The predicted octanol–water partition coefficient (Wildman–Crippen LogP) is 3.80. The highest BCUT2D eigenvalue weighted by molar-refractivity contribution is 5.23. The van der Waals surface area contributed by atoms with Crippen molar-refractivity contribution in [2.45, 2.75) is 94.0 Å². The average Bonchev–Trinajstić information content (AvgIpc) is 3.17. The van der Waals surface area contributed by atoms with Gasteiger partial charge in [0.05, 0.1) is 11.2 Å². The van der Waals surface area contributed by atoms with Crippen LogP contribution in [0, 0.1) is 0 Å². The molecular formula is C21H31NO2. The molecule has 3 heteroatoms. The molecule has 1 aromatic carbocycles. The molecule has 0 bridgehead atoms. The maximum absolute atomic E-state index is 11.2. The molecule has 2 aliphatic carbocycles. The van der Waals surface area contributed by atoms with E-state index in [1.54, 1.807) is 0 Å². The number of rotatable bonds is 4. The minimum atomic E-state index is -0.547. The lowest BCUT2D eigenvalue weighted by Crippen LogP contribution is -2.71. The Kier molecular flexibility index (Phi) is 4.22. The van der Waals surface area contributed by atoms with Crippen molar-refractivity contribution in [3.8, 4) is 0 Å². The summed E-state index contributed by atoms with van der Waals surface area (Å²) in [5, 5.41) is 22.4. The van der Waals surface area contributed by atoms with Crippen LogP contribution in [0.25, 0.3) is 0 Å². The van der Waals surface area contributed by atoms with E-state index >= 15 is 0 Å². The monoisotopic (exact) mass is 329 g/mol. The highest BCUT2D eigenvalue weighted by Gasteiger charge is 2.59. The van der Waals surface area contributed by atoms with Crippen molar-refractivity contribution in [3.63, 3.8) is 0 Å². The summed E-state index contributed by atoms with van der Waals surface area (Å²) in [5.41, 5.74) is 0.193. The van der Waals surface area contributed by atoms with Crippen molar-refractivity contribution >= 4 is 0 Å². The van der Waals surface area contributed by atoms with Crippen LogP contribution >= 0.6 is 0 Å². The van der Waals surface area contributed by atoms with Gasteiger partial charge in [-0.1, -0.05) is 56.0 Å². The summed E-state index contributed by atoms with van der Waals surface area (Å²) in [6, 6.07) is 11.2. The Morgan fingerprint density at radius 1 is 0.875 bits per heavy atom. The molecule has 24 heavy (non-hydrogen) atoms. The molecule has 1 aromatic rings. The van der Waals surface area contributed by atoms with Gasteiger partial charge in [0.25, 0.3) is 0 Å². The predicted molar refractivity (Wildman–Crippen MR) is 95.7 cm³/mol. The normalized spacial score (nSPS) is 33.3. The van der Waals surface area contributed by atoms with E-state index in [-0.39, 0.29) is 18.1 Å². The summed E-state index contributed by atoms with van der Waals surface area (Å²) < 4.78 is 0. The van der Waals surface area contributed by atoms with Crippen molar-refractivity contribution in [1.82, 2.24) is 4.90 Å². The summed E-state index contributed by atoms with van der Waals surface area (Å²) >= 11 is 0. The number of likely N-dealkylation sites (tertiary alicyclic amines) is 1. The molecule has 0 aromatic heterocycles. The largest absolute Gasteiger partial charge is 0.388 e. The summed E-state index contributed by atoms with van der Waals surface area (Å²) in [4.78, 5) is 2.46. The Balaban J connectivity index is 1.62. The quantitative estimate of drug-likeness (QED) is 0.883. The number of aliphatic hydroxyl groups is 2. The second kappa shape index (κ2) is 6.12. The molecule has 3 fully saturated rings. The van der Waals surface area contributed by atoms with Crippen LogP contribution in [0.2, 0.25) is 0 Å². The molecule has 1 aliphatic heterocycles. The van der Waals surface area contributed by atoms with Gasteiger partial charge in [-0.05, 0) is 44.6 Å². The number of benzene rings is 1. The average molecular weight is 329 g/mol. The van der Waals surface area contributed by atoms with E-state index in [1.807, 2.05) is 0 Å². The third kappa shape index (κ3) is 2.61. The lowest BCUT2D eigenvalue weighted by Gasteiger charge is -2.60. The molecule has 1 saturated heterocycles.